The van der Waals surface area contributed by atoms with E-state index in [1.807, 2.05) is 39.0 Å². The largest absolute Gasteiger partial charge is 0.332 e. The molecule has 20 heavy (non-hydrogen) atoms. The Morgan fingerprint density at radius 3 is 2.40 bits per heavy atom. The Balaban J connectivity index is 2.40. The van der Waals surface area contributed by atoms with Gasteiger partial charge in [-0.1, -0.05) is 39.0 Å². The fraction of sp³-hybridized carbons (Fsp3) is 0.357. The van der Waals surface area contributed by atoms with E-state index < -0.39 is 10.0 Å². The number of H-pyrrole nitrogens is 1. The van der Waals surface area contributed by atoms with Gasteiger partial charge >= 0.3 is 0 Å². The molecule has 0 unspecified atom stereocenters. The molecule has 108 valence electrons. The minimum Gasteiger partial charge on any atom is -0.332 e. The number of imidazole rings is 1. The monoisotopic (exact) mass is 293 g/mol. The van der Waals surface area contributed by atoms with Crippen molar-refractivity contribution in [3.05, 3.63) is 41.9 Å². The maximum atomic E-state index is 12.3. The van der Waals surface area contributed by atoms with Gasteiger partial charge in [0.25, 0.3) is 10.0 Å². The first-order valence-electron chi connectivity index (χ1n) is 6.34. The Morgan fingerprint density at radius 1 is 1.20 bits per heavy atom. The van der Waals surface area contributed by atoms with E-state index in [-0.39, 0.29) is 10.4 Å². The van der Waals surface area contributed by atoms with Gasteiger partial charge in [0.15, 0.2) is 5.03 Å². The Hall–Kier alpha value is -1.82. The van der Waals surface area contributed by atoms with Crippen molar-refractivity contribution in [2.24, 2.45) is 0 Å². The first-order valence-corrected chi connectivity index (χ1v) is 7.82. The highest BCUT2D eigenvalue weighted by atomic mass is 32.2. The van der Waals surface area contributed by atoms with E-state index >= 15 is 0 Å². The van der Waals surface area contributed by atoms with Crippen LogP contribution in [0.2, 0.25) is 0 Å². The molecule has 5 nitrogen and oxygen atoms in total. The molecule has 0 radical (unpaired) electrons. The summed E-state index contributed by atoms with van der Waals surface area (Å²) in [6.07, 6.45) is 1.32. The third-order valence-corrected chi connectivity index (χ3v) is 4.22. The van der Waals surface area contributed by atoms with E-state index in [4.69, 9.17) is 0 Å². The lowest BCUT2D eigenvalue weighted by atomic mass is 9.86. The lowest BCUT2D eigenvalue weighted by Crippen LogP contribution is -2.19. The van der Waals surface area contributed by atoms with Crippen molar-refractivity contribution in [3.8, 4) is 0 Å². The van der Waals surface area contributed by atoms with Gasteiger partial charge in [-0.15, -0.1) is 0 Å². The number of anilines is 1. The van der Waals surface area contributed by atoms with Crippen molar-refractivity contribution in [2.75, 3.05) is 4.72 Å². The van der Waals surface area contributed by atoms with Gasteiger partial charge in [0.05, 0.1) is 11.9 Å². The fourth-order valence-electron chi connectivity index (χ4n) is 1.96. The molecule has 1 heterocycles. The minimum absolute atomic E-state index is 0.0683. The van der Waals surface area contributed by atoms with E-state index in [2.05, 4.69) is 14.7 Å². The third kappa shape index (κ3) is 3.01. The standard InChI is InChI=1S/C14H19N3O2S/c1-10-15-9-13(16-10)20(18,19)17-12-8-6-5-7-11(12)14(2,3)4/h5-9,17H,1-4H3,(H,15,16). The molecule has 1 aromatic heterocycles. The first-order chi connectivity index (χ1) is 9.20. The van der Waals surface area contributed by atoms with Gasteiger partial charge in [-0.05, 0) is 24.0 Å². The topological polar surface area (TPSA) is 74.8 Å². The molecule has 0 bridgehead atoms. The molecule has 0 saturated carbocycles. The zero-order valence-corrected chi connectivity index (χ0v) is 12.9. The summed E-state index contributed by atoms with van der Waals surface area (Å²) in [6.45, 7) is 7.84. The van der Waals surface area contributed by atoms with Crippen LogP contribution in [-0.2, 0) is 15.4 Å². The van der Waals surface area contributed by atoms with Crippen LogP contribution in [0.25, 0.3) is 0 Å². The van der Waals surface area contributed by atoms with Gasteiger partial charge < -0.3 is 4.98 Å². The van der Waals surface area contributed by atoms with Gasteiger partial charge in [0.2, 0.25) is 0 Å². The van der Waals surface area contributed by atoms with Crippen molar-refractivity contribution in [1.82, 2.24) is 9.97 Å². The molecule has 0 aliphatic rings. The summed E-state index contributed by atoms with van der Waals surface area (Å²) in [7, 11) is -3.64. The fourth-order valence-corrected chi connectivity index (χ4v) is 3.01. The summed E-state index contributed by atoms with van der Waals surface area (Å²) in [5, 5.41) is 0.0683. The molecule has 2 aromatic rings. The van der Waals surface area contributed by atoms with Gasteiger partial charge in [0.1, 0.15) is 5.82 Å². The van der Waals surface area contributed by atoms with Gasteiger partial charge in [-0.2, -0.15) is 8.42 Å². The summed E-state index contributed by atoms with van der Waals surface area (Å²) in [5.74, 6) is 0.564. The summed E-state index contributed by atoms with van der Waals surface area (Å²) in [5.41, 5.74) is 1.38. The average Bonchev–Trinajstić information content (AvgIpc) is 2.75. The lowest BCUT2D eigenvalue weighted by Gasteiger charge is -2.23. The molecule has 0 atom stereocenters. The van der Waals surface area contributed by atoms with E-state index in [0.29, 0.717) is 11.5 Å². The van der Waals surface area contributed by atoms with E-state index in [9.17, 15) is 8.42 Å². The van der Waals surface area contributed by atoms with E-state index in [1.165, 1.54) is 6.20 Å². The maximum absolute atomic E-state index is 12.3. The van der Waals surface area contributed by atoms with Crippen LogP contribution in [0.4, 0.5) is 5.69 Å². The summed E-state index contributed by atoms with van der Waals surface area (Å²) in [6, 6.07) is 7.40. The van der Waals surface area contributed by atoms with Crippen LogP contribution in [0.3, 0.4) is 0 Å². The summed E-state index contributed by atoms with van der Waals surface area (Å²) >= 11 is 0. The molecule has 0 spiro atoms. The van der Waals surface area contributed by atoms with Crippen LogP contribution in [0.5, 0.6) is 0 Å². The highest BCUT2D eigenvalue weighted by molar-refractivity contribution is 7.92. The molecule has 0 fully saturated rings. The van der Waals surface area contributed by atoms with Crippen LogP contribution in [-0.4, -0.2) is 18.4 Å². The van der Waals surface area contributed by atoms with Crippen molar-refractivity contribution in [2.45, 2.75) is 38.1 Å². The van der Waals surface area contributed by atoms with Crippen molar-refractivity contribution < 1.29 is 8.42 Å². The predicted octanol–water partition coefficient (Wildman–Crippen LogP) is 2.82. The number of nitrogens with one attached hydrogen (secondary N) is 2. The van der Waals surface area contributed by atoms with Gasteiger partial charge in [-0.3, -0.25) is 4.72 Å². The number of hydrogen-bond donors (Lipinski definition) is 2. The number of nitrogens with zero attached hydrogens (tertiary/aromatic N) is 1. The van der Waals surface area contributed by atoms with Crippen LogP contribution in [0.1, 0.15) is 32.2 Å². The zero-order chi connectivity index (χ0) is 15.0. The SMILES string of the molecule is Cc1ncc(S(=O)(=O)Nc2ccccc2C(C)(C)C)[nH]1. The second-order valence-electron chi connectivity index (χ2n) is 5.73. The van der Waals surface area contributed by atoms with E-state index in [1.54, 1.807) is 13.0 Å². The molecular formula is C14H19N3O2S. The Morgan fingerprint density at radius 2 is 1.85 bits per heavy atom. The highest BCUT2D eigenvalue weighted by Crippen LogP contribution is 2.30. The second-order valence-corrected chi connectivity index (χ2v) is 7.38. The Labute approximate surface area is 119 Å². The third-order valence-electron chi connectivity index (χ3n) is 2.95. The minimum atomic E-state index is -3.64. The maximum Gasteiger partial charge on any atom is 0.278 e. The van der Waals surface area contributed by atoms with Crippen molar-refractivity contribution in [3.63, 3.8) is 0 Å². The zero-order valence-electron chi connectivity index (χ0n) is 12.1. The van der Waals surface area contributed by atoms with Crippen LogP contribution < -0.4 is 4.72 Å². The summed E-state index contributed by atoms with van der Waals surface area (Å²) < 4.78 is 27.2. The number of para-hydroxylation sites is 1. The lowest BCUT2D eigenvalue weighted by molar-refractivity contribution is 0.589. The molecular weight excluding hydrogens is 274 g/mol. The smallest absolute Gasteiger partial charge is 0.278 e. The number of aromatic amines is 1. The Bertz CT molecular complexity index is 712. The normalized spacial score (nSPS) is 12.4. The number of benzene rings is 1. The molecule has 0 aliphatic heterocycles. The van der Waals surface area contributed by atoms with E-state index in [0.717, 1.165) is 5.56 Å². The van der Waals surface area contributed by atoms with Crippen LogP contribution in [0, 0.1) is 6.92 Å². The van der Waals surface area contributed by atoms with Gasteiger partial charge in [-0.25, -0.2) is 4.98 Å². The average molecular weight is 293 g/mol. The highest BCUT2D eigenvalue weighted by Gasteiger charge is 2.22. The number of rotatable bonds is 3. The molecule has 0 amide bonds. The second kappa shape index (κ2) is 4.94. The number of sulfonamides is 1. The number of hydrogen-bond acceptors (Lipinski definition) is 3. The molecule has 6 heteroatoms. The molecule has 2 N–H and O–H groups in total. The number of aryl methyl sites for hydroxylation is 1. The molecule has 0 aliphatic carbocycles. The summed E-state index contributed by atoms with van der Waals surface area (Å²) in [4.78, 5) is 6.65. The molecule has 2 rings (SSSR count). The van der Waals surface area contributed by atoms with Gasteiger partial charge in [0, 0.05) is 0 Å². The quantitative estimate of drug-likeness (QED) is 0.913. The first kappa shape index (κ1) is 14.6. The number of aromatic nitrogens is 2. The van der Waals surface area contributed by atoms with Crippen molar-refractivity contribution in [1.29, 1.82) is 0 Å². The molecule has 1 aromatic carbocycles. The predicted molar refractivity (Wildman–Crippen MR) is 79.3 cm³/mol. The Kier molecular flexibility index (Phi) is 3.60. The van der Waals surface area contributed by atoms with Crippen LogP contribution >= 0.6 is 0 Å². The van der Waals surface area contributed by atoms with Crippen molar-refractivity contribution >= 4 is 15.7 Å². The molecule has 0 saturated heterocycles. The van der Waals surface area contributed by atoms with Crippen LogP contribution in [0.15, 0.2) is 35.5 Å².